The molecule has 1 amide bonds. The standard InChI is InChI=1S/C26H26F2N6O3.2C2HF3O2/c27-19-6-3-16(4-7-19)17-5-10-23-24(13-17)33(15-18-12-21(34(36)37)8-9-22(18)28)25(32-23)26(35)31-14-20(30)2-1-11-29;2*3-2(4,5)1(6)7/h3-10,12-13,20H,1-2,11,14-15,29-30H2,(H,31,35);2*(H,6,7)/t20-;;/m0../s1. The highest BCUT2D eigenvalue weighted by Crippen LogP contribution is 2.27. The van der Waals surface area contributed by atoms with Crippen LogP contribution in [0.5, 0.6) is 0 Å². The fourth-order valence-electron chi connectivity index (χ4n) is 4.03. The third kappa shape index (κ3) is 12.6. The van der Waals surface area contributed by atoms with Crippen LogP contribution in [0.2, 0.25) is 0 Å². The van der Waals surface area contributed by atoms with Crippen LogP contribution in [-0.4, -0.2) is 74.0 Å². The van der Waals surface area contributed by atoms with Gasteiger partial charge in [0.25, 0.3) is 11.6 Å². The van der Waals surface area contributed by atoms with Gasteiger partial charge in [0.15, 0.2) is 5.82 Å². The maximum Gasteiger partial charge on any atom is 0.490 e. The van der Waals surface area contributed by atoms with Gasteiger partial charge in [-0.3, -0.25) is 14.9 Å². The average molecular weight is 737 g/mol. The molecule has 21 heteroatoms. The van der Waals surface area contributed by atoms with Crippen molar-refractivity contribution < 1.29 is 64.6 Å². The number of carbonyl (C=O) groups is 3. The lowest BCUT2D eigenvalue weighted by atomic mass is 10.1. The van der Waals surface area contributed by atoms with E-state index in [0.717, 1.165) is 29.3 Å². The van der Waals surface area contributed by atoms with E-state index < -0.39 is 40.9 Å². The molecule has 0 aliphatic rings. The summed E-state index contributed by atoms with van der Waals surface area (Å²) in [6.07, 6.45) is -8.82. The number of nitrogens with one attached hydrogen (secondary N) is 1. The number of carboxylic acid groups (broad SMARTS) is 2. The smallest absolute Gasteiger partial charge is 0.475 e. The second kappa shape index (κ2) is 17.8. The summed E-state index contributed by atoms with van der Waals surface area (Å²) in [7, 11) is 0. The van der Waals surface area contributed by atoms with Crippen molar-refractivity contribution in [1.82, 2.24) is 14.9 Å². The number of aliphatic carboxylic acids is 2. The van der Waals surface area contributed by atoms with E-state index in [2.05, 4.69) is 10.3 Å². The zero-order chi connectivity index (χ0) is 38.7. The summed E-state index contributed by atoms with van der Waals surface area (Å²) in [5, 5.41) is 28.3. The summed E-state index contributed by atoms with van der Waals surface area (Å²) >= 11 is 0. The lowest BCUT2D eigenvalue weighted by Gasteiger charge is -2.14. The molecule has 1 atom stereocenters. The molecule has 0 spiro atoms. The number of rotatable bonds is 10. The van der Waals surface area contributed by atoms with Crippen molar-refractivity contribution in [3.63, 3.8) is 0 Å². The number of alkyl halides is 6. The highest BCUT2D eigenvalue weighted by Gasteiger charge is 2.39. The Morgan fingerprint density at radius 2 is 1.45 bits per heavy atom. The number of nitrogens with two attached hydrogens (primary N) is 2. The number of non-ortho nitro benzene ring substituents is 1. The Bertz CT molecular complexity index is 1820. The highest BCUT2D eigenvalue weighted by atomic mass is 19.4. The number of imidazole rings is 1. The second-order valence-electron chi connectivity index (χ2n) is 10.3. The molecule has 3 aromatic carbocycles. The van der Waals surface area contributed by atoms with Crippen molar-refractivity contribution in [2.45, 2.75) is 37.8 Å². The molecule has 1 aromatic heterocycles. The van der Waals surface area contributed by atoms with E-state index in [4.69, 9.17) is 31.3 Å². The fraction of sp³-hybridized carbons (Fsp3) is 0.267. The average Bonchev–Trinajstić information content (AvgIpc) is 3.41. The van der Waals surface area contributed by atoms with Crippen LogP contribution in [0.25, 0.3) is 22.2 Å². The second-order valence-corrected chi connectivity index (χ2v) is 10.3. The van der Waals surface area contributed by atoms with Crippen LogP contribution < -0.4 is 16.8 Å². The molecule has 0 aliphatic heterocycles. The molecule has 0 bridgehead atoms. The summed E-state index contributed by atoms with van der Waals surface area (Å²) in [6.45, 7) is 0.496. The van der Waals surface area contributed by atoms with Crippen LogP contribution in [-0.2, 0) is 16.1 Å². The molecule has 4 aromatic rings. The monoisotopic (exact) mass is 736 g/mol. The van der Waals surface area contributed by atoms with E-state index in [0.29, 0.717) is 30.4 Å². The van der Waals surface area contributed by atoms with Gasteiger partial charge in [-0.1, -0.05) is 18.2 Å². The minimum Gasteiger partial charge on any atom is -0.475 e. The van der Waals surface area contributed by atoms with Gasteiger partial charge in [-0.2, -0.15) is 26.3 Å². The van der Waals surface area contributed by atoms with E-state index >= 15 is 0 Å². The lowest BCUT2D eigenvalue weighted by Crippen LogP contribution is -2.38. The van der Waals surface area contributed by atoms with Crippen LogP contribution in [0, 0.1) is 21.7 Å². The van der Waals surface area contributed by atoms with Crippen molar-refractivity contribution in [2.75, 3.05) is 13.1 Å². The van der Waals surface area contributed by atoms with Gasteiger partial charge in [0.1, 0.15) is 11.6 Å². The summed E-state index contributed by atoms with van der Waals surface area (Å²) in [5.41, 5.74) is 13.7. The molecule has 0 radical (unpaired) electrons. The zero-order valence-corrected chi connectivity index (χ0v) is 25.8. The zero-order valence-electron chi connectivity index (χ0n) is 25.8. The third-order valence-corrected chi connectivity index (χ3v) is 6.49. The number of fused-ring (bicyclic) bond motifs is 1. The van der Waals surface area contributed by atoms with Gasteiger partial charge in [-0.25, -0.2) is 23.4 Å². The molecule has 0 fully saturated rings. The number of benzene rings is 3. The van der Waals surface area contributed by atoms with E-state index in [-0.39, 0.29) is 42.0 Å². The number of nitro benzene ring substituents is 1. The molecular formula is C30H28F8N6O7. The number of carboxylic acids is 2. The summed E-state index contributed by atoms with van der Waals surface area (Å²) in [6, 6.07) is 14.1. The number of hydrogen-bond acceptors (Lipinski definition) is 8. The van der Waals surface area contributed by atoms with E-state index in [9.17, 15) is 50.0 Å². The first-order chi connectivity index (χ1) is 23.6. The fourth-order valence-corrected chi connectivity index (χ4v) is 4.03. The van der Waals surface area contributed by atoms with E-state index in [1.54, 1.807) is 30.3 Å². The van der Waals surface area contributed by atoms with Crippen LogP contribution >= 0.6 is 0 Å². The largest absolute Gasteiger partial charge is 0.490 e. The molecule has 51 heavy (non-hydrogen) atoms. The number of hydrogen-bond donors (Lipinski definition) is 5. The Kier molecular flexibility index (Phi) is 14.5. The predicted octanol–water partition coefficient (Wildman–Crippen LogP) is 5.00. The maximum atomic E-state index is 14.7. The molecule has 276 valence electrons. The van der Waals surface area contributed by atoms with E-state index in [1.807, 2.05) is 0 Å². The van der Waals surface area contributed by atoms with Crippen LogP contribution in [0.1, 0.15) is 29.0 Å². The van der Waals surface area contributed by atoms with Crippen molar-refractivity contribution in [3.8, 4) is 11.1 Å². The molecule has 4 rings (SSSR count). The quantitative estimate of drug-likeness (QED) is 0.0834. The first-order valence-corrected chi connectivity index (χ1v) is 14.2. The van der Waals surface area contributed by atoms with Gasteiger partial charge in [0.2, 0.25) is 0 Å². The Morgan fingerprint density at radius 3 is 1.96 bits per heavy atom. The number of aromatic nitrogens is 2. The molecular weight excluding hydrogens is 708 g/mol. The van der Waals surface area contributed by atoms with Crippen LogP contribution in [0.15, 0.2) is 60.7 Å². The lowest BCUT2D eigenvalue weighted by molar-refractivity contribution is -0.385. The maximum absolute atomic E-state index is 14.7. The van der Waals surface area contributed by atoms with Gasteiger partial charge >= 0.3 is 24.3 Å². The predicted molar refractivity (Wildman–Crippen MR) is 163 cm³/mol. The highest BCUT2D eigenvalue weighted by molar-refractivity contribution is 5.95. The molecule has 13 nitrogen and oxygen atoms in total. The van der Waals surface area contributed by atoms with Crippen LogP contribution in [0.3, 0.4) is 0 Å². The van der Waals surface area contributed by atoms with Gasteiger partial charge in [0.05, 0.1) is 22.5 Å². The topological polar surface area (TPSA) is 217 Å². The Balaban J connectivity index is 0.000000543. The molecule has 1 heterocycles. The normalized spacial score (nSPS) is 11.8. The number of nitro groups is 1. The van der Waals surface area contributed by atoms with Crippen LogP contribution in [0.4, 0.5) is 40.8 Å². The Hall–Kier alpha value is -5.70. The van der Waals surface area contributed by atoms with Gasteiger partial charge in [0, 0.05) is 30.3 Å². The summed E-state index contributed by atoms with van der Waals surface area (Å²) < 4.78 is 93.1. The molecule has 0 saturated carbocycles. The van der Waals surface area contributed by atoms with E-state index in [1.165, 1.54) is 16.7 Å². The summed E-state index contributed by atoms with van der Waals surface area (Å²) in [5.74, 6) is -7.06. The van der Waals surface area contributed by atoms with Crippen molar-refractivity contribution in [1.29, 1.82) is 0 Å². The number of carbonyl (C=O) groups excluding carboxylic acids is 1. The van der Waals surface area contributed by atoms with Gasteiger partial charge in [-0.05, 0) is 60.8 Å². The first kappa shape index (κ1) is 41.5. The summed E-state index contributed by atoms with van der Waals surface area (Å²) in [4.78, 5) is 46.0. The third-order valence-electron chi connectivity index (χ3n) is 6.49. The molecule has 0 unspecified atom stereocenters. The van der Waals surface area contributed by atoms with Crippen molar-refractivity contribution in [3.05, 3.63) is 93.8 Å². The van der Waals surface area contributed by atoms with Crippen molar-refractivity contribution in [2.24, 2.45) is 11.5 Å². The molecule has 7 N–H and O–H groups in total. The Labute approximate surface area is 281 Å². The Morgan fingerprint density at radius 1 is 0.902 bits per heavy atom. The first-order valence-electron chi connectivity index (χ1n) is 14.2. The minimum absolute atomic E-state index is 0.00295. The number of amides is 1. The molecule has 0 saturated heterocycles. The number of halogens is 8. The van der Waals surface area contributed by atoms with Gasteiger partial charge < -0.3 is 31.6 Å². The minimum atomic E-state index is -5.08. The van der Waals surface area contributed by atoms with Crippen molar-refractivity contribution >= 4 is 34.6 Å². The van der Waals surface area contributed by atoms with Gasteiger partial charge in [-0.15, -0.1) is 0 Å². The SMILES string of the molecule is NCCC[C@H](N)CNC(=O)c1nc2ccc(-c3ccc(F)cc3)cc2n1Cc1cc([N+](=O)[O-])ccc1F.O=C(O)C(F)(F)F.O=C(O)C(F)(F)F. The molecule has 0 aliphatic carbocycles. The number of nitrogens with zero attached hydrogens (tertiary/aromatic N) is 3.